The smallest absolute Gasteiger partial charge is 0.239 e. The first-order valence-electron chi connectivity index (χ1n) is 3.99. The molecule has 0 spiro atoms. The van der Waals surface area contributed by atoms with E-state index in [1.54, 1.807) is 0 Å². The zero-order valence-corrected chi connectivity index (χ0v) is 7.60. The van der Waals surface area contributed by atoms with Gasteiger partial charge in [0.25, 0.3) is 0 Å². The number of carbonyl (C=O) groups is 3. The standard InChI is InChI=1S/C7H8N2O3S/c10-4-3-5(8-4)13-9-6(11)1-2-7(9)12/h5H,1-3H2,(H,8,10). The van der Waals surface area contributed by atoms with Crippen LogP contribution >= 0.6 is 11.9 Å². The second-order valence-electron chi connectivity index (χ2n) is 2.95. The van der Waals surface area contributed by atoms with Crippen molar-refractivity contribution in [1.82, 2.24) is 9.62 Å². The Morgan fingerprint density at radius 2 is 1.77 bits per heavy atom. The molecule has 1 N–H and O–H groups in total. The molecule has 0 aromatic rings. The summed E-state index contributed by atoms with van der Waals surface area (Å²) in [4.78, 5) is 32.8. The van der Waals surface area contributed by atoms with Crippen LogP contribution in [0.4, 0.5) is 0 Å². The lowest BCUT2D eigenvalue weighted by Crippen LogP contribution is -2.48. The van der Waals surface area contributed by atoms with Gasteiger partial charge in [-0.05, 0) is 11.9 Å². The summed E-state index contributed by atoms with van der Waals surface area (Å²) in [6.45, 7) is 0. The first-order chi connectivity index (χ1) is 6.16. The molecule has 2 aliphatic heterocycles. The maximum absolute atomic E-state index is 11.1. The Morgan fingerprint density at radius 3 is 2.23 bits per heavy atom. The number of nitrogens with zero attached hydrogens (tertiary/aromatic N) is 1. The first-order valence-corrected chi connectivity index (χ1v) is 4.82. The van der Waals surface area contributed by atoms with Crippen LogP contribution in [0.15, 0.2) is 0 Å². The minimum atomic E-state index is -0.156. The van der Waals surface area contributed by atoms with Gasteiger partial charge in [0.15, 0.2) is 0 Å². The summed E-state index contributed by atoms with van der Waals surface area (Å²) in [6, 6.07) is 0. The highest BCUT2D eigenvalue weighted by Crippen LogP contribution is 2.28. The predicted molar refractivity (Wildman–Crippen MR) is 45.2 cm³/mol. The quantitative estimate of drug-likeness (QED) is 0.375. The van der Waals surface area contributed by atoms with Crippen molar-refractivity contribution in [3.05, 3.63) is 0 Å². The molecule has 6 heteroatoms. The number of carbonyl (C=O) groups excluding carboxylic acids is 3. The van der Waals surface area contributed by atoms with E-state index >= 15 is 0 Å². The van der Waals surface area contributed by atoms with E-state index in [0.29, 0.717) is 19.3 Å². The average Bonchev–Trinajstić information content (AvgIpc) is 2.32. The Labute approximate surface area is 79.0 Å². The summed E-state index contributed by atoms with van der Waals surface area (Å²) in [5, 5.41) is 2.49. The predicted octanol–water partition coefficient (Wildman–Crippen LogP) is -0.370. The van der Waals surface area contributed by atoms with E-state index in [9.17, 15) is 14.4 Å². The van der Waals surface area contributed by atoms with Gasteiger partial charge in [-0.15, -0.1) is 0 Å². The lowest BCUT2D eigenvalue weighted by atomic mass is 10.3. The molecule has 0 aromatic heterocycles. The highest BCUT2D eigenvalue weighted by molar-refractivity contribution is 7.98. The third-order valence-corrected chi connectivity index (χ3v) is 3.09. The van der Waals surface area contributed by atoms with E-state index in [-0.39, 0.29) is 23.1 Å². The molecular formula is C7H8N2O3S. The molecule has 13 heavy (non-hydrogen) atoms. The summed E-state index contributed by atoms with van der Waals surface area (Å²) < 4.78 is 1.16. The molecule has 0 aromatic carbocycles. The van der Waals surface area contributed by atoms with Crippen LogP contribution in [0.25, 0.3) is 0 Å². The molecule has 2 aliphatic rings. The molecular weight excluding hydrogens is 192 g/mol. The maximum atomic E-state index is 11.1. The van der Waals surface area contributed by atoms with Crippen LogP contribution in [0.2, 0.25) is 0 Å². The number of amides is 3. The van der Waals surface area contributed by atoms with Crippen molar-refractivity contribution in [3.8, 4) is 0 Å². The fourth-order valence-electron chi connectivity index (χ4n) is 1.19. The number of hydrogen-bond acceptors (Lipinski definition) is 4. The van der Waals surface area contributed by atoms with Crippen molar-refractivity contribution in [2.75, 3.05) is 0 Å². The summed E-state index contributed by atoms with van der Waals surface area (Å²) >= 11 is 1.12. The van der Waals surface area contributed by atoms with Gasteiger partial charge in [0.1, 0.15) is 5.37 Å². The van der Waals surface area contributed by atoms with Crippen LogP contribution < -0.4 is 5.32 Å². The van der Waals surface area contributed by atoms with Gasteiger partial charge in [-0.25, -0.2) is 4.31 Å². The molecule has 0 radical (unpaired) electrons. The van der Waals surface area contributed by atoms with Crippen LogP contribution in [0.1, 0.15) is 19.3 Å². The number of hydrogen-bond donors (Lipinski definition) is 1. The molecule has 2 heterocycles. The average molecular weight is 200 g/mol. The van der Waals surface area contributed by atoms with Crippen LogP contribution in [-0.4, -0.2) is 27.4 Å². The SMILES string of the molecule is O=C1CC(SN2C(=O)CCC2=O)N1. The van der Waals surface area contributed by atoms with E-state index in [1.807, 2.05) is 0 Å². The minimum Gasteiger partial charge on any atom is -0.342 e. The molecule has 0 saturated carbocycles. The molecule has 0 aliphatic carbocycles. The molecule has 0 bridgehead atoms. The van der Waals surface area contributed by atoms with E-state index in [0.717, 1.165) is 16.3 Å². The van der Waals surface area contributed by atoms with Crippen LogP contribution in [0, 0.1) is 0 Å². The Bertz CT molecular complexity index is 267. The normalized spacial score (nSPS) is 27.5. The van der Waals surface area contributed by atoms with Gasteiger partial charge >= 0.3 is 0 Å². The van der Waals surface area contributed by atoms with Crippen molar-refractivity contribution >= 4 is 29.7 Å². The second kappa shape index (κ2) is 3.02. The molecule has 3 amide bonds. The zero-order valence-electron chi connectivity index (χ0n) is 6.78. The lowest BCUT2D eigenvalue weighted by molar-refractivity contribution is -0.132. The van der Waals surface area contributed by atoms with Gasteiger partial charge < -0.3 is 5.32 Å². The lowest BCUT2D eigenvalue weighted by Gasteiger charge is -2.28. The summed E-state index contributed by atoms with van der Waals surface area (Å²) in [7, 11) is 0. The fraction of sp³-hybridized carbons (Fsp3) is 0.571. The van der Waals surface area contributed by atoms with Crippen LogP contribution in [0.5, 0.6) is 0 Å². The van der Waals surface area contributed by atoms with Crippen molar-refractivity contribution in [2.24, 2.45) is 0 Å². The van der Waals surface area contributed by atoms with E-state index in [2.05, 4.69) is 5.32 Å². The summed E-state index contributed by atoms with van der Waals surface area (Å²) in [6.07, 6.45) is 0.987. The van der Waals surface area contributed by atoms with Crippen molar-refractivity contribution in [1.29, 1.82) is 0 Å². The van der Waals surface area contributed by atoms with E-state index in [4.69, 9.17) is 0 Å². The largest absolute Gasteiger partial charge is 0.342 e. The Hall–Kier alpha value is -1.04. The molecule has 2 saturated heterocycles. The van der Waals surface area contributed by atoms with Crippen LogP contribution in [0.3, 0.4) is 0 Å². The highest BCUT2D eigenvalue weighted by Gasteiger charge is 2.36. The van der Waals surface area contributed by atoms with Gasteiger partial charge in [-0.1, -0.05) is 0 Å². The Morgan fingerprint density at radius 1 is 1.23 bits per heavy atom. The summed E-state index contributed by atoms with van der Waals surface area (Å²) in [5.41, 5.74) is 0. The highest BCUT2D eigenvalue weighted by atomic mass is 32.2. The first kappa shape index (κ1) is 8.55. The molecule has 1 unspecified atom stereocenters. The van der Waals surface area contributed by atoms with Gasteiger partial charge in [0, 0.05) is 12.8 Å². The molecule has 1 atom stereocenters. The third-order valence-electron chi connectivity index (χ3n) is 1.93. The molecule has 2 rings (SSSR count). The topological polar surface area (TPSA) is 66.5 Å². The monoisotopic (exact) mass is 200 g/mol. The minimum absolute atomic E-state index is 0.0309. The second-order valence-corrected chi connectivity index (χ2v) is 4.09. The van der Waals surface area contributed by atoms with E-state index < -0.39 is 0 Å². The maximum Gasteiger partial charge on any atom is 0.239 e. The number of imide groups is 1. The number of β-lactam (4-membered cyclic amide) rings is 1. The van der Waals surface area contributed by atoms with Gasteiger partial charge in [-0.2, -0.15) is 0 Å². The molecule has 70 valence electrons. The summed E-state index contributed by atoms with van der Waals surface area (Å²) in [5.74, 6) is -0.344. The third kappa shape index (κ3) is 1.53. The Kier molecular flexibility index (Phi) is 1.99. The number of nitrogens with one attached hydrogen (secondary N) is 1. The van der Waals surface area contributed by atoms with Gasteiger partial charge in [-0.3, -0.25) is 14.4 Å². The number of rotatable bonds is 2. The van der Waals surface area contributed by atoms with Crippen LogP contribution in [-0.2, 0) is 14.4 Å². The molecule has 5 nitrogen and oxygen atoms in total. The van der Waals surface area contributed by atoms with E-state index in [1.165, 1.54) is 0 Å². The van der Waals surface area contributed by atoms with Crippen molar-refractivity contribution < 1.29 is 14.4 Å². The van der Waals surface area contributed by atoms with Gasteiger partial charge in [0.05, 0.1) is 6.42 Å². The fourth-order valence-corrected chi connectivity index (χ4v) is 2.27. The Balaban J connectivity index is 1.90. The van der Waals surface area contributed by atoms with Gasteiger partial charge in [0.2, 0.25) is 17.7 Å². The zero-order chi connectivity index (χ0) is 9.42. The molecule has 2 fully saturated rings. The van der Waals surface area contributed by atoms with Crippen molar-refractivity contribution in [2.45, 2.75) is 24.6 Å². The van der Waals surface area contributed by atoms with Crippen molar-refractivity contribution in [3.63, 3.8) is 0 Å².